The Morgan fingerprint density at radius 2 is 1.96 bits per heavy atom. The molecule has 0 saturated heterocycles. The molecule has 2 aromatic rings. The Hall–Kier alpha value is -2.00. The third-order valence-electron chi connectivity index (χ3n) is 3.67. The summed E-state index contributed by atoms with van der Waals surface area (Å²) in [5.41, 5.74) is 2.97. The van der Waals surface area contributed by atoms with Crippen molar-refractivity contribution < 1.29 is 14.3 Å². The molecule has 0 aliphatic heterocycles. The molecule has 2 aromatic carbocycles. The molecule has 0 saturated carbocycles. The fraction of sp³-hybridized carbons (Fsp3) is 0.316. The Morgan fingerprint density at radius 1 is 1.17 bits per heavy atom. The van der Waals surface area contributed by atoms with Gasteiger partial charge in [0.05, 0.1) is 0 Å². The van der Waals surface area contributed by atoms with E-state index in [1.54, 1.807) is 13.0 Å². The van der Waals surface area contributed by atoms with Gasteiger partial charge in [-0.2, -0.15) is 0 Å². The monoisotopic (exact) mass is 332 g/mol. The molecule has 0 aromatic heterocycles. The van der Waals surface area contributed by atoms with E-state index in [4.69, 9.17) is 21.1 Å². The summed E-state index contributed by atoms with van der Waals surface area (Å²) < 4.78 is 11.2. The van der Waals surface area contributed by atoms with E-state index >= 15 is 0 Å². The van der Waals surface area contributed by atoms with Crippen molar-refractivity contribution in [3.05, 3.63) is 58.1 Å². The zero-order valence-corrected chi connectivity index (χ0v) is 14.4. The molecule has 2 rings (SSSR count). The first-order chi connectivity index (χ1) is 11.0. The Bertz CT molecular complexity index is 695. The van der Waals surface area contributed by atoms with Gasteiger partial charge in [-0.3, -0.25) is 4.79 Å². The fourth-order valence-electron chi connectivity index (χ4n) is 2.21. The van der Waals surface area contributed by atoms with Crippen molar-refractivity contribution in [1.29, 1.82) is 0 Å². The molecule has 0 spiro atoms. The van der Waals surface area contributed by atoms with Crippen LogP contribution in [0.1, 0.15) is 37.0 Å². The van der Waals surface area contributed by atoms with Gasteiger partial charge in [0.25, 0.3) is 0 Å². The summed E-state index contributed by atoms with van der Waals surface area (Å²) in [5.74, 6) is 0.989. The molecule has 0 bridgehead atoms. The van der Waals surface area contributed by atoms with Crippen LogP contribution in [0.15, 0.2) is 36.4 Å². The molecular formula is C19H21ClO3. The van der Waals surface area contributed by atoms with E-state index in [0.717, 1.165) is 23.1 Å². The Balaban J connectivity index is 2.16. The number of esters is 1. The Morgan fingerprint density at radius 3 is 2.61 bits per heavy atom. The molecule has 0 atom stereocenters. The van der Waals surface area contributed by atoms with Gasteiger partial charge < -0.3 is 9.47 Å². The van der Waals surface area contributed by atoms with Gasteiger partial charge in [-0.15, -0.1) is 0 Å². The van der Waals surface area contributed by atoms with Crippen LogP contribution in [-0.4, -0.2) is 5.97 Å². The van der Waals surface area contributed by atoms with E-state index in [0.29, 0.717) is 29.5 Å². The van der Waals surface area contributed by atoms with Crippen LogP contribution < -0.4 is 9.47 Å². The molecule has 0 fully saturated rings. The first-order valence-corrected chi connectivity index (χ1v) is 8.13. The molecule has 0 unspecified atom stereocenters. The summed E-state index contributed by atoms with van der Waals surface area (Å²) in [5, 5.41) is 0.701. The number of rotatable bonds is 6. The lowest BCUT2D eigenvalue weighted by atomic mass is 10.1. The minimum atomic E-state index is -0.257. The van der Waals surface area contributed by atoms with Crippen molar-refractivity contribution in [1.82, 2.24) is 0 Å². The fourth-order valence-corrected chi connectivity index (χ4v) is 2.51. The van der Waals surface area contributed by atoms with Crippen molar-refractivity contribution in [2.24, 2.45) is 0 Å². The smallest absolute Gasteiger partial charge is 0.310 e. The van der Waals surface area contributed by atoms with Crippen LogP contribution in [0.2, 0.25) is 5.02 Å². The number of hydrogen-bond donors (Lipinski definition) is 0. The molecule has 4 heteroatoms. The van der Waals surface area contributed by atoms with Gasteiger partial charge in [-0.1, -0.05) is 43.6 Å². The summed E-state index contributed by atoms with van der Waals surface area (Å²) >= 11 is 6.21. The molecule has 0 amide bonds. The molecule has 0 radical (unpaired) electrons. The van der Waals surface area contributed by atoms with Gasteiger partial charge in [-0.05, 0) is 42.7 Å². The summed E-state index contributed by atoms with van der Waals surface area (Å²) in [6, 6.07) is 11.3. The molecule has 3 nitrogen and oxygen atoms in total. The average molecular weight is 333 g/mol. The number of carbonyl (C=O) groups is 1. The normalized spacial score (nSPS) is 10.4. The Labute approximate surface area is 142 Å². The molecule has 23 heavy (non-hydrogen) atoms. The number of aryl methyl sites for hydroxylation is 2. The maximum Gasteiger partial charge on any atom is 0.310 e. The third kappa shape index (κ3) is 4.49. The molecule has 0 aliphatic carbocycles. The highest BCUT2D eigenvalue weighted by Gasteiger charge is 2.11. The summed E-state index contributed by atoms with van der Waals surface area (Å²) in [4.78, 5) is 11.6. The highest BCUT2D eigenvalue weighted by atomic mass is 35.5. The predicted molar refractivity (Wildman–Crippen MR) is 92.3 cm³/mol. The van der Waals surface area contributed by atoms with Crippen molar-refractivity contribution in [2.75, 3.05) is 0 Å². The summed E-state index contributed by atoms with van der Waals surface area (Å²) in [6.07, 6.45) is 1.22. The maximum atomic E-state index is 11.6. The summed E-state index contributed by atoms with van der Waals surface area (Å²) in [7, 11) is 0. The second kappa shape index (κ2) is 8.02. The molecular weight excluding hydrogens is 312 g/mol. The number of halogens is 1. The number of hydrogen-bond acceptors (Lipinski definition) is 3. The van der Waals surface area contributed by atoms with Crippen molar-refractivity contribution in [3.8, 4) is 11.5 Å². The minimum Gasteiger partial charge on any atom is -0.489 e. The highest BCUT2D eigenvalue weighted by molar-refractivity contribution is 6.31. The van der Waals surface area contributed by atoms with Crippen LogP contribution in [0.25, 0.3) is 0 Å². The predicted octanol–water partition coefficient (Wildman–Crippen LogP) is 5.11. The largest absolute Gasteiger partial charge is 0.489 e. The van der Waals surface area contributed by atoms with Gasteiger partial charge in [0.2, 0.25) is 0 Å². The zero-order chi connectivity index (χ0) is 16.8. The quantitative estimate of drug-likeness (QED) is 0.545. The van der Waals surface area contributed by atoms with Crippen LogP contribution in [0.5, 0.6) is 11.5 Å². The van der Waals surface area contributed by atoms with Gasteiger partial charge >= 0.3 is 5.97 Å². The second-order valence-electron chi connectivity index (χ2n) is 5.27. The first-order valence-electron chi connectivity index (χ1n) is 7.75. The van der Waals surface area contributed by atoms with E-state index in [9.17, 15) is 4.79 Å². The lowest BCUT2D eigenvalue weighted by molar-refractivity contribution is -0.134. The van der Waals surface area contributed by atoms with Crippen molar-refractivity contribution >= 4 is 17.6 Å². The van der Waals surface area contributed by atoms with Crippen molar-refractivity contribution in [2.45, 2.75) is 40.2 Å². The van der Waals surface area contributed by atoms with E-state index < -0.39 is 0 Å². The van der Waals surface area contributed by atoms with Gasteiger partial charge in [0.15, 0.2) is 0 Å². The van der Waals surface area contributed by atoms with Crippen LogP contribution in [0.3, 0.4) is 0 Å². The molecule has 0 N–H and O–H groups in total. The van der Waals surface area contributed by atoms with Crippen LogP contribution >= 0.6 is 11.6 Å². The number of ether oxygens (including phenoxy) is 2. The number of carbonyl (C=O) groups excluding carboxylic acids is 1. The van der Waals surface area contributed by atoms with Crippen LogP contribution in [0, 0.1) is 6.92 Å². The zero-order valence-electron chi connectivity index (χ0n) is 13.7. The minimum absolute atomic E-state index is 0.257. The maximum absolute atomic E-state index is 11.6. The van der Waals surface area contributed by atoms with Gasteiger partial charge in [0, 0.05) is 17.0 Å². The second-order valence-corrected chi connectivity index (χ2v) is 5.68. The van der Waals surface area contributed by atoms with E-state index in [-0.39, 0.29) is 5.97 Å². The highest BCUT2D eigenvalue weighted by Crippen LogP contribution is 2.27. The molecule has 122 valence electrons. The van der Waals surface area contributed by atoms with E-state index in [1.807, 2.05) is 37.3 Å². The van der Waals surface area contributed by atoms with E-state index in [1.165, 1.54) is 0 Å². The van der Waals surface area contributed by atoms with Gasteiger partial charge in [-0.25, -0.2) is 0 Å². The lowest BCUT2D eigenvalue weighted by Crippen LogP contribution is -2.09. The topological polar surface area (TPSA) is 35.5 Å². The summed E-state index contributed by atoms with van der Waals surface area (Å²) in [6.45, 7) is 6.12. The van der Waals surface area contributed by atoms with Gasteiger partial charge in [0.1, 0.15) is 18.1 Å². The Kier molecular flexibility index (Phi) is 6.05. The standard InChI is InChI=1S/C19H21ClO3/c1-4-14-9-10-15(11-17(14)20)22-12-16-13(3)7-6-8-18(16)23-19(21)5-2/h6-11H,4-5,12H2,1-3H3. The lowest BCUT2D eigenvalue weighted by Gasteiger charge is -2.14. The molecule has 0 heterocycles. The number of benzene rings is 2. The third-order valence-corrected chi connectivity index (χ3v) is 4.02. The van der Waals surface area contributed by atoms with Crippen molar-refractivity contribution in [3.63, 3.8) is 0 Å². The first kappa shape index (κ1) is 17.4. The van der Waals surface area contributed by atoms with E-state index in [2.05, 4.69) is 6.92 Å². The van der Waals surface area contributed by atoms with Crippen LogP contribution in [0.4, 0.5) is 0 Å². The SMILES string of the molecule is CCC(=O)Oc1cccc(C)c1COc1ccc(CC)c(Cl)c1. The molecule has 0 aliphatic rings. The average Bonchev–Trinajstić information content (AvgIpc) is 2.54. The van der Waals surface area contributed by atoms with Crippen LogP contribution in [-0.2, 0) is 17.8 Å².